The zero-order valence-corrected chi connectivity index (χ0v) is 11.2. The van der Waals surface area contributed by atoms with Crippen LogP contribution in [0, 0.1) is 0 Å². The molecule has 1 aliphatic carbocycles. The van der Waals surface area contributed by atoms with Crippen molar-refractivity contribution in [2.24, 2.45) is 5.73 Å². The van der Waals surface area contributed by atoms with E-state index in [1.807, 2.05) is 54.6 Å². The minimum absolute atomic E-state index is 0.152. The van der Waals surface area contributed by atoms with Crippen LogP contribution in [0.2, 0.25) is 0 Å². The number of benzene rings is 2. The van der Waals surface area contributed by atoms with Gasteiger partial charge in [-0.15, -0.1) is 0 Å². The Hall–Kier alpha value is -1.74. The summed E-state index contributed by atoms with van der Waals surface area (Å²) in [5.41, 5.74) is 8.25. The number of rotatable bonds is 3. The van der Waals surface area contributed by atoms with Crippen molar-refractivity contribution < 1.29 is 8.78 Å². The van der Waals surface area contributed by atoms with E-state index in [0.717, 1.165) is 16.7 Å². The smallest absolute Gasteiger partial charge is 0.250 e. The van der Waals surface area contributed by atoms with Crippen molar-refractivity contribution in [3.8, 4) is 11.1 Å². The highest BCUT2D eigenvalue weighted by Crippen LogP contribution is 2.54. The summed E-state index contributed by atoms with van der Waals surface area (Å²) in [6.07, 6.45) is -0.305. The molecule has 0 spiro atoms. The molecule has 0 radical (unpaired) electrons. The molecule has 3 heteroatoms. The van der Waals surface area contributed by atoms with Gasteiger partial charge in [0.05, 0.1) is 0 Å². The van der Waals surface area contributed by atoms with Gasteiger partial charge in [-0.05, 0) is 16.7 Å². The van der Waals surface area contributed by atoms with Gasteiger partial charge in [-0.1, -0.05) is 54.6 Å². The first-order valence-electron chi connectivity index (χ1n) is 6.79. The van der Waals surface area contributed by atoms with Crippen LogP contribution in [-0.4, -0.2) is 12.5 Å². The lowest BCUT2D eigenvalue weighted by Gasteiger charge is -2.48. The zero-order valence-electron chi connectivity index (χ0n) is 11.2. The fourth-order valence-electron chi connectivity index (χ4n) is 3.20. The average Bonchev–Trinajstić information content (AvgIpc) is 2.45. The second kappa shape index (κ2) is 4.67. The Bertz CT molecular complexity index is 599. The fourth-order valence-corrected chi connectivity index (χ4v) is 3.20. The maximum Gasteiger partial charge on any atom is 0.250 e. The van der Waals surface area contributed by atoms with Crippen LogP contribution in [0.25, 0.3) is 11.1 Å². The molecule has 104 valence electrons. The third kappa shape index (κ3) is 2.12. The predicted octanol–water partition coefficient (Wildman–Crippen LogP) is 3.98. The highest BCUT2D eigenvalue weighted by Gasteiger charge is 2.57. The summed E-state index contributed by atoms with van der Waals surface area (Å²) in [7, 11) is 0. The fraction of sp³-hybridized carbons (Fsp3) is 0.294. The number of halogens is 2. The summed E-state index contributed by atoms with van der Waals surface area (Å²) in [4.78, 5) is 0. The van der Waals surface area contributed by atoms with Crippen LogP contribution in [-0.2, 0) is 5.41 Å². The monoisotopic (exact) mass is 273 g/mol. The van der Waals surface area contributed by atoms with Gasteiger partial charge in [0.1, 0.15) is 0 Å². The Kier molecular flexibility index (Phi) is 3.09. The normalized spacial score (nSPS) is 19.4. The van der Waals surface area contributed by atoms with Crippen LogP contribution in [0.4, 0.5) is 8.78 Å². The number of hydrogen-bond donors (Lipinski definition) is 1. The summed E-state index contributed by atoms with van der Waals surface area (Å²) < 4.78 is 26.8. The molecule has 0 bridgehead atoms. The minimum Gasteiger partial charge on any atom is -0.330 e. The quantitative estimate of drug-likeness (QED) is 0.899. The Labute approximate surface area is 117 Å². The molecule has 0 amide bonds. The Morgan fingerprint density at radius 2 is 1.50 bits per heavy atom. The topological polar surface area (TPSA) is 26.0 Å². The molecule has 0 heterocycles. The molecule has 0 saturated heterocycles. The molecular weight excluding hydrogens is 256 g/mol. The Morgan fingerprint density at radius 1 is 0.900 bits per heavy atom. The molecule has 2 aromatic rings. The van der Waals surface area contributed by atoms with Crippen molar-refractivity contribution in [1.29, 1.82) is 0 Å². The van der Waals surface area contributed by atoms with Crippen LogP contribution in [0.15, 0.2) is 54.6 Å². The summed E-state index contributed by atoms with van der Waals surface area (Å²) >= 11 is 0. The van der Waals surface area contributed by atoms with E-state index in [4.69, 9.17) is 5.73 Å². The number of hydrogen-bond acceptors (Lipinski definition) is 1. The highest BCUT2D eigenvalue weighted by molar-refractivity contribution is 5.69. The maximum atomic E-state index is 13.4. The molecule has 0 atom stereocenters. The van der Waals surface area contributed by atoms with Gasteiger partial charge in [0.15, 0.2) is 0 Å². The first kappa shape index (κ1) is 13.3. The molecule has 2 N–H and O–H groups in total. The molecular formula is C17H17F2N. The second-order valence-electron chi connectivity index (χ2n) is 5.61. The van der Waals surface area contributed by atoms with E-state index < -0.39 is 11.3 Å². The summed E-state index contributed by atoms with van der Waals surface area (Å²) in [6.45, 7) is 0.256. The SMILES string of the molecule is NCC1(c2ccccc2-c2ccccc2)CC(F)(F)C1. The predicted molar refractivity (Wildman–Crippen MR) is 76.8 cm³/mol. The first-order valence-corrected chi connectivity index (χ1v) is 6.79. The average molecular weight is 273 g/mol. The van der Waals surface area contributed by atoms with Gasteiger partial charge in [0.25, 0.3) is 0 Å². The van der Waals surface area contributed by atoms with E-state index in [1.165, 1.54) is 0 Å². The molecule has 1 aliphatic rings. The minimum atomic E-state index is -2.58. The molecule has 1 nitrogen and oxygen atoms in total. The van der Waals surface area contributed by atoms with E-state index in [2.05, 4.69) is 0 Å². The summed E-state index contributed by atoms with van der Waals surface area (Å²) in [5, 5.41) is 0. The van der Waals surface area contributed by atoms with Crippen LogP contribution < -0.4 is 5.73 Å². The Balaban J connectivity index is 2.07. The van der Waals surface area contributed by atoms with Crippen LogP contribution in [0.5, 0.6) is 0 Å². The van der Waals surface area contributed by atoms with E-state index in [1.54, 1.807) is 0 Å². The van der Waals surface area contributed by atoms with Crippen molar-refractivity contribution in [2.75, 3.05) is 6.54 Å². The van der Waals surface area contributed by atoms with Gasteiger partial charge in [-0.25, -0.2) is 8.78 Å². The van der Waals surface area contributed by atoms with Crippen molar-refractivity contribution in [2.45, 2.75) is 24.2 Å². The molecule has 0 aromatic heterocycles. The molecule has 2 aromatic carbocycles. The van der Waals surface area contributed by atoms with E-state index >= 15 is 0 Å². The lowest BCUT2D eigenvalue weighted by Crippen LogP contribution is -2.53. The van der Waals surface area contributed by atoms with Crippen molar-refractivity contribution in [3.05, 3.63) is 60.2 Å². The van der Waals surface area contributed by atoms with Gasteiger partial charge in [0, 0.05) is 24.8 Å². The lowest BCUT2D eigenvalue weighted by atomic mass is 9.60. The zero-order chi connectivity index (χ0) is 14.2. The first-order chi connectivity index (χ1) is 9.56. The van der Waals surface area contributed by atoms with Crippen LogP contribution in [0.1, 0.15) is 18.4 Å². The van der Waals surface area contributed by atoms with Crippen molar-refractivity contribution in [3.63, 3.8) is 0 Å². The number of alkyl halides is 2. The van der Waals surface area contributed by atoms with Gasteiger partial charge in [0.2, 0.25) is 5.92 Å². The van der Waals surface area contributed by atoms with E-state index in [9.17, 15) is 8.78 Å². The molecule has 1 fully saturated rings. The van der Waals surface area contributed by atoms with Gasteiger partial charge in [-0.2, -0.15) is 0 Å². The standard InChI is InChI=1S/C17H17F2N/c18-17(19)10-16(11-17,12-20)15-9-5-4-8-14(15)13-6-2-1-3-7-13/h1-9H,10-12,20H2. The Morgan fingerprint density at radius 3 is 2.10 bits per heavy atom. The third-order valence-electron chi connectivity index (χ3n) is 4.17. The molecule has 1 saturated carbocycles. The van der Waals surface area contributed by atoms with Crippen molar-refractivity contribution >= 4 is 0 Å². The van der Waals surface area contributed by atoms with E-state index in [0.29, 0.717) is 0 Å². The van der Waals surface area contributed by atoms with Crippen LogP contribution >= 0.6 is 0 Å². The van der Waals surface area contributed by atoms with Gasteiger partial charge < -0.3 is 5.73 Å². The molecule has 0 aliphatic heterocycles. The lowest BCUT2D eigenvalue weighted by molar-refractivity contribution is -0.123. The molecule has 20 heavy (non-hydrogen) atoms. The van der Waals surface area contributed by atoms with Crippen molar-refractivity contribution in [1.82, 2.24) is 0 Å². The second-order valence-corrected chi connectivity index (χ2v) is 5.61. The molecule has 0 unspecified atom stereocenters. The number of nitrogens with two attached hydrogens (primary N) is 1. The molecule has 3 rings (SSSR count). The van der Waals surface area contributed by atoms with Gasteiger partial charge >= 0.3 is 0 Å². The van der Waals surface area contributed by atoms with E-state index in [-0.39, 0.29) is 19.4 Å². The third-order valence-corrected chi connectivity index (χ3v) is 4.17. The summed E-state index contributed by atoms with van der Waals surface area (Å²) in [6, 6.07) is 17.6. The largest absolute Gasteiger partial charge is 0.330 e. The maximum absolute atomic E-state index is 13.4. The van der Waals surface area contributed by atoms with Crippen LogP contribution in [0.3, 0.4) is 0 Å². The highest BCUT2D eigenvalue weighted by atomic mass is 19.3. The van der Waals surface area contributed by atoms with Gasteiger partial charge in [-0.3, -0.25) is 0 Å². The summed E-state index contributed by atoms with van der Waals surface area (Å²) in [5.74, 6) is -2.58.